The van der Waals surface area contributed by atoms with Crippen molar-refractivity contribution in [3.05, 3.63) is 40.8 Å². The number of benzene rings is 1. The highest BCUT2D eigenvalue weighted by molar-refractivity contribution is 7.98. The van der Waals surface area contributed by atoms with Gasteiger partial charge in [-0.3, -0.25) is 0 Å². The number of para-hydroxylation sites is 1. The molecule has 0 saturated heterocycles. The fourth-order valence-corrected chi connectivity index (χ4v) is 1.64. The molecule has 0 saturated carbocycles. The summed E-state index contributed by atoms with van der Waals surface area (Å²) in [6.07, 6.45) is 1.86. The van der Waals surface area contributed by atoms with Gasteiger partial charge in [-0.15, -0.1) is 11.8 Å². The molecule has 1 aromatic carbocycles. The summed E-state index contributed by atoms with van der Waals surface area (Å²) in [6.45, 7) is 0. The van der Waals surface area contributed by atoms with Gasteiger partial charge in [0.05, 0.1) is 4.90 Å². The largest absolute Gasteiger partial charge is 0.422 e. The lowest BCUT2D eigenvalue weighted by molar-refractivity contribution is 0.544. The lowest BCUT2D eigenvalue weighted by Crippen LogP contribution is -2.00. The molecule has 0 aliphatic carbocycles. The van der Waals surface area contributed by atoms with Crippen molar-refractivity contribution < 1.29 is 4.42 Å². The topological polar surface area (TPSA) is 30.2 Å². The average Bonchev–Trinajstić information content (AvgIpc) is 2.17. The minimum absolute atomic E-state index is 0.258. The summed E-state index contributed by atoms with van der Waals surface area (Å²) in [5, 5.41) is 0.964. The van der Waals surface area contributed by atoms with Crippen LogP contribution in [-0.2, 0) is 0 Å². The van der Waals surface area contributed by atoms with E-state index < -0.39 is 0 Å². The average molecular weight is 192 g/mol. The maximum atomic E-state index is 11.3. The summed E-state index contributed by atoms with van der Waals surface area (Å²) in [5.74, 6) is 0. The maximum absolute atomic E-state index is 11.3. The smallest absolute Gasteiger partial charge is 0.350 e. The van der Waals surface area contributed by atoms with Crippen LogP contribution < -0.4 is 5.63 Å². The maximum Gasteiger partial charge on any atom is 0.350 e. The van der Waals surface area contributed by atoms with Crippen LogP contribution in [0.1, 0.15) is 0 Å². The molecule has 0 bridgehead atoms. The minimum Gasteiger partial charge on any atom is -0.422 e. The second-order valence-corrected chi connectivity index (χ2v) is 3.49. The number of thioether (sulfide) groups is 1. The van der Waals surface area contributed by atoms with Gasteiger partial charge >= 0.3 is 5.63 Å². The SMILES string of the molecule is CSc1cc2ccccc2oc1=O. The molecule has 2 rings (SSSR count). The van der Waals surface area contributed by atoms with Crippen LogP contribution in [-0.4, -0.2) is 6.26 Å². The number of rotatable bonds is 1. The Hall–Kier alpha value is -1.22. The quantitative estimate of drug-likeness (QED) is 0.513. The molecule has 0 aliphatic rings. The Morgan fingerprint density at radius 1 is 1.31 bits per heavy atom. The Morgan fingerprint density at radius 3 is 2.85 bits per heavy atom. The molecule has 0 spiro atoms. The molecule has 2 nitrogen and oxygen atoms in total. The van der Waals surface area contributed by atoms with Gasteiger partial charge in [0.1, 0.15) is 5.58 Å². The molecule has 66 valence electrons. The van der Waals surface area contributed by atoms with Crippen LogP contribution in [0.3, 0.4) is 0 Å². The lowest BCUT2D eigenvalue weighted by atomic mass is 10.2. The van der Waals surface area contributed by atoms with Gasteiger partial charge in [-0.05, 0) is 18.4 Å². The summed E-state index contributed by atoms with van der Waals surface area (Å²) in [6, 6.07) is 9.35. The minimum atomic E-state index is -0.258. The highest BCUT2D eigenvalue weighted by atomic mass is 32.2. The normalized spacial score (nSPS) is 10.5. The van der Waals surface area contributed by atoms with Crippen LogP contribution in [0.4, 0.5) is 0 Å². The first-order valence-electron chi connectivity index (χ1n) is 3.88. The van der Waals surface area contributed by atoms with Crippen molar-refractivity contribution in [1.29, 1.82) is 0 Å². The number of hydrogen-bond donors (Lipinski definition) is 0. The second-order valence-electron chi connectivity index (χ2n) is 2.64. The van der Waals surface area contributed by atoms with Gasteiger partial charge < -0.3 is 4.42 Å². The molecule has 3 heteroatoms. The van der Waals surface area contributed by atoms with Crippen molar-refractivity contribution >= 4 is 22.7 Å². The number of hydrogen-bond acceptors (Lipinski definition) is 3. The lowest BCUT2D eigenvalue weighted by Gasteiger charge is -1.97. The molecule has 0 atom stereocenters. The third kappa shape index (κ3) is 1.47. The highest BCUT2D eigenvalue weighted by Crippen LogP contribution is 2.17. The van der Waals surface area contributed by atoms with Crippen molar-refractivity contribution in [2.45, 2.75) is 4.90 Å². The summed E-state index contributed by atoms with van der Waals surface area (Å²) in [4.78, 5) is 11.9. The fraction of sp³-hybridized carbons (Fsp3) is 0.100. The molecule has 13 heavy (non-hydrogen) atoms. The van der Waals surface area contributed by atoms with Gasteiger partial charge in [0.15, 0.2) is 0 Å². The molecule has 2 aromatic rings. The first kappa shape index (κ1) is 8.38. The van der Waals surface area contributed by atoms with Gasteiger partial charge in [-0.1, -0.05) is 18.2 Å². The summed E-state index contributed by atoms with van der Waals surface area (Å²) < 4.78 is 5.11. The van der Waals surface area contributed by atoms with E-state index in [1.54, 1.807) is 6.07 Å². The van der Waals surface area contributed by atoms with Gasteiger partial charge in [0.25, 0.3) is 0 Å². The van der Waals surface area contributed by atoms with E-state index in [1.165, 1.54) is 11.8 Å². The highest BCUT2D eigenvalue weighted by Gasteiger charge is 2.01. The zero-order chi connectivity index (χ0) is 9.26. The summed E-state index contributed by atoms with van der Waals surface area (Å²) in [5.41, 5.74) is 0.386. The molecule has 0 N–H and O–H groups in total. The third-order valence-electron chi connectivity index (χ3n) is 1.83. The molecule has 1 heterocycles. The molecular formula is C10H8O2S. The Morgan fingerprint density at radius 2 is 2.08 bits per heavy atom. The Balaban J connectivity index is 2.81. The van der Waals surface area contributed by atoms with Crippen molar-refractivity contribution in [2.75, 3.05) is 6.26 Å². The van der Waals surface area contributed by atoms with Crippen LogP contribution in [0.2, 0.25) is 0 Å². The van der Waals surface area contributed by atoms with E-state index in [-0.39, 0.29) is 5.63 Å². The fourth-order valence-electron chi connectivity index (χ4n) is 1.19. The Bertz CT molecular complexity index is 487. The summed E-state index contributed by atoms with van der Waals surface area (Å²) >= 11 is 1.40. The van der Waals surface area contributed by atoms with Crippen molar-refractivity contribution in [3.63, 3.8) is 0 Å². The molecule has 0 radical (unpaired) electrons. The second kappa shape index (κ2) is 3.26. The van der Waals surface area contributed by atoms with Gasteiger partial charge in [0, 0.05) is 5.39 Å². The van der Waals surface area contributed by atoms with Crippen LogP contribution in [0.5, 0.6) is 0 Å². The van der Waals surface area contributed by atoms with E-state index in [0.717, 1.165) is 5.39 Å². The van der Waals surface area contributed by atoms with Gasteiger partial charge in [0.2, 0.25) is 0 Å². The number of fused-ring (bicyclic) bond motifs is 1. The predicted molar refractivity (Wildman–Crippen MR) is 54.3 cm³/mol. The van der Waals surface area contributed by atoms with Crippen molar-refractivity contribution in [3.8, 4) is 0 Å². The molecule has 0 amide bonds. The Labute approximate surface area is 79.6 Å². The van der Waals surface area contributed by atoms with Crippen molar-refractivity contribution in [1.82, 2.24) is 0 Å². The standard InChI is InChI=1S/C10H8O2S/c1-13-9-6-7-4-2-3-5-8(7)12-10(9)11/h2-6H,1H3. The molecular weight excluding hydrogens is 184 g/mol. The molecule has 1 aromatic heterocycles. The van der Waals surface area contributed by atoms with Crippen LogP contribution in [0, 0.1) is 0 Å². The van der Waals surface area contributed by atoms with Gasteiger partial charge in [-0.25, -0.2) is 4.79 Å². The third-order valence-corrected chi connectivity index (χ3v) is 2.55. The predicted octanol–water partition coefficient (Wildman–Crippen LogP) is 2.51. The van der Waals surface area contributed by atoms with E-state index in [9.17, 15) is 4.79 Å². The molecule has 0 fully saturated rings. The molecule has 0 unspecified atom stereocenters. The van der Waals surface area contributed by atoms with E-state index >= 15 is 0 Å². The summed E-state index contributed by atoms with van der Waals surface area (Å²) in [7, 11) is 0. The van der Waals surface area contributed by atoms with E-state index in [2.05, 4.69) is 0 Å². The monoisotopic (exact) mass is 192 g/mol. The Kier molecular flexibility index (Phi) is 2.10. The zero-order valence-corrected chi connectivity index (χ0v) is 7.93. The first-order valence-corrected chi connectivity index (χ1v) is 5.10. The van der Waals surface area contributed by atoms with Crippen LogP contribution in [0.15, 0.2) is 44.4 Å². The first-order chi connectivity index (χ1) is 6.31. The zero-order valence-electron chi connectivity index (χ0n) is 7.11. The van der Waals surface area contributed by atoms with E-state index in [1.807, 2.05) is 30.5 Å². The van der Waals surface area contributed by atoms with Gasteiger partial charge in [-0.2, -0.15) is 0 Å². The van der Waals surface area contributed by atoms with Crippen molar-refractivity contribution in [2.24, 2.45) is 0 Å². The van der Waals surface area contributed by atoms with Crippen LogP contribution in [0.25, 0.3) is 11.0 Å². The van der Waals surface area contributed by atoms with E-state index in [4.69, 9.17) is 4.42 Å². The van der Waals surface area contributed by atoms with Crippen LogP contribution >= 0.6 is 11.8 Å². The van der Waals surface area contributed by atoms with E-state index in [0.29, 0.717) is 10.5 Å². The molecule has 0 aliphatic heterocycles.